The summed E-state index contributed by atoms with van der Waals surface area (Å²) >= 11 is 9.53. The topological polar surface area (TPSA) is 32.3 Å². The molecule has 0 amide bonds. The third kappa shape index (κ3) is 5.87. The van der Waals surface area contributed by atoms with Crippen molar-refractivity contribution in [2.45, 2.75) is 32.9 Å². The lowest BCUT2D eigenvalue weighted by Gasteiger charge is -2.14. The van der Waals surface area contributed by atoms with Crippen molar-refractivity contribution < 1.29 is 5.11 Å². The second-order valence-corrected chi connectivity index (χ2v) is 5.88. The minimum absolute atomic E-state index is 0.235. The van der Waals surface area contributed by atoms with Crippen molar-refractivity contribution in [1.82, 2.24) is 5.32 Å². The maximum absolute atomic E-state index is 9.26. The standard InChI is InChI=1S/C13H19BrClNO/c1-9(5-10(2)17)7-16-8-11-6-12(14)3-4-13(11)15/h3-4,6,9-10,16-17H,5,7-8H2,1-2H3. The summed E-state index contributed by atoms with van der Waals surface area (Å²) in [5, 5.41) is 13.4. The van der Waals surface area contributed by atoms with Gasteiger partial charge in [0.2, 0.25) is 0 Å². The van der Waals surface area contributed by atoms with Crippen LogP contribution in [0.1, 0.15) is 25.8 Å². The fourth-order valence-corrected chi connectivity index (χ4v) is 2.39. The van der Waals surface area contributed by atoms with E-state index in [1.807, 2.05) is 25.1 Å². The summed E-state index contributed by atoms with van der Waals surface area (Å²) in [7, 11) is 0. The normalized spacial score (nSPS) is 14.6. The highest BCUT2D eigenvalue weighted by Crippen LogP contribution is 2.20. The maximum Gasteiger partial charge on any atom is 0.0515 e. The largest absolute Gasteiger partial charge is 0.393 e. The zero-order chi connectivity index (χ0) is 12.8. The van der Waals surface area contributed by atoms with Crippen LogP contribution >= 0.6 is 27.5 Å². The lowest BCUT2D eigenvalue weighted by molar-refractivity contribution is 0.163. The van der Waals surface area contributed by atoms with Gasteiger partial charge in [-0.15, -0.1) is 0 Å². The first-order valence-corrected chi connectivity index (χ1v) is 6.99. The molecule has 0 heterocycles. The van der Waals surface area contributed by atoms with Gasteiger partial charge >= 0.3 is 0 Å². The predicted octanol–water partition coefficient (Wildman–Crippen LogP) is 3.60. The molecule has 0 aliphatic carbocycles. The molecule has 0 saturated heterocycles. The number of benzene rings is 1. The van der Waals surface area contributed by atoms with E-state index in [-0.39, 0.29) is 6.10 Å². The zero-order valence-electron chi connectivity index (χ0n) is 10.2. The maximum atomic E-state index is 9.26. The van der Waals surface area contributed by atoms with Crippen LogP contribution in [0.3, 0.4) is 0 Å². The minimum Gasteiger partial charge on any atom is -0.393 e. The Balaban J connectivity index is 2.38. The third-order valence-corrected chi connectivity index (χ3v) is 3.42. The summed E-state index contributed by atoms with van der Waals surface area (Å²) in [6, 6.07) is 5.85. The number of halogens is 2. The van der Waals surface area contributed by atoms with Crippen molar-refractivity contribution in [3.63, 3.8) is 0 Å². The van der Waals surface area contributed by atoms with E-state index in [0.717, 1.165) is 34.6 Å². The summed E-state index contributed by atoms with van der Waals surface area (Å²) in [6.07, 6.45) is 0.584. The highest BCUT2D eigenvalue weighted by molar-refractivity contribution is 9.10. The molecule has 0 radical (unpaired) electrons. The van der Waals surface area contributed by atoms with E-state index in [1.165, 1.54) is 0 Å². The van der Waals surface area contributed by atoms with Gasteiger partial charge in [-0.25, -0.2) is 0 Å². The molecule has 0 spiro atoms. The molecule has 2 atom stereocenters. The van der Waals surface area contributed by atoms with Gasteiger partial charge in [0.25, 0.3) is 0 Å². The van der Waals surface area contributed by atoms with Gasteiger partial charge in [-0.05, 0) is 49.6 Å². The smallest absolute Gasteiger partial charge is 0.0515 e. The minimum atomic E-state index is -0.235. The van der Waals surface area contributed by atoms with Crippen molar-refractivity contribution in [3.05, 3.63) is 33.3 Å². The van der Waals surface area contributed by atoms with E-state index in [4.69, 9.17) is 11.6 Å². The first kappa shape index (κ1) is 15.0. The Kier molecular flexibility index (Phi) is 6.49. The number of aliphatic hydroxyl groups excluding tert-OH is 1. The van der Waals surface area contributed by atoms with Gasteiger partial charge in [0, 0.05) is 16.0 Å². The van der Waals surface area contributed by atoms with Crippen molar-refractivity contribution in [2.24, 2.45) is 5.92 Å². The molecule has 0 saturated carbocycles. The van der Waals surface area contributed by atoms with E-state index < -0.39 is 0 Å². The first-order valence-electron chi connectivity index (χ1n) is 5.81. The van der Waals surface area contributed by atoms with Gasteiger partial charge in [-0.3, -0.25) is 0 Å². The Labute approximate surface area is 117 Å². The van der Waals surface area contributed by atoms with Gasteiger partial charge in [0.1, 0.15) is 0 Å². The van der Waals surface area contributed by atoms with Crippen LogP contribution in [0.25, 0.3) is 0 Å². The van der Waals surface area contributed by atoms with E-state index >= 15 is 0 Å². The average Bonchev–Trinajstić information content (AvgIpc) is 2.22. The molecule has 0 aliphatic heterocycles. The third-order valence-electron chi connectivity index (χ3n) is 2.56. The van der Waals surface area contributed by atoms with Crippen LogP contribution in [0.15, 0.2) is 22.7 Å². The zero-order valence-corrected chi connectivity index (χ0v) is 12.6. The van der Waals surface area contributed by atoms with Crippen molar-refractivity contribution >= 4 is 27.5 Å². The van der Waals surface area contributed by atoms with Crippen LogP contribution in [-0.4, -0.2) is 17.8 Å². The fraction of sp³-hybridized carbons (Fsp3) is 0.538. The average molecular weight is 321 g/mol. The van der Waals surface area contributed by atoms with Gasteiger partial charge in [-0.2, -0.15) is 0 Å². The van der Waals surface area contributed by atoms with E-state index in [9.17, 15) is 5.11 Å². The summed E-state index contributed by atoms with van der Waals surface area (Å²) in [4.78, 5) is 0. The monoisotopic (exact) mass is 319 g/mol. The lowest BCUT2D eigenvalue weighted by atomic mass is 10.0. The van der Waals surface area contributed by atoms with Crippen molar-refractivity contribution in [2.75, 3.05) is 6.54 Å². The summed E-state index contributed by atoms with van der Waals surface area (Å²) in [5.41, 5.74) is 1.09. The van der Waals surface area contributed by atoms with Gasteiger partial charge in [-0.1, -0.05) is 34.5 Å². The Bertz CT molecular complexity index is 357. The Morgan fingerprint density at radius 1 is 1.41 bits per heavy atom. The Hall–Kier alpha value is -0.0900. The molecule has 17 heavy (non-hydrogen) atoms. The van der Waals surface area contributed by atoms with Gasteiger partial charge in [0.05, 0.1) is 6.10 Å². The molecule has 0 bridgehead atoms. The number of rotatable bonds is 6. The SMILES string of the molecule is CC(O)CC(C)CNCc1cc(Br)ccc1Cl. The molecule has 2 nitrogen and oxygen atoms in total. The van der Waals surface area contributed by atoms with Gasteiger partial charge in [0.15, 0.2) is 0 Å². The van der Waals surface area contributed by atoms with Crippen LogP contribution in [0.2, 0.25) is 5.02 Å². The van der Waals surface area contributed by atoms with Crippen LogP contribution in [-0.2, 0) is 6.54 Å². The highest BCUT2D eigenvalue weighted by atomic mass is 79.9. The molecule has 0 aromatic heterocycles. The van der Waals surface area contributed by atoms with E-state index in [1.54, 1.807) is 0 Å². The molecule has 0 fully saturated rings. The first-order chi connectivity index (χ1) is 7.99. The molecule has 1 rings (SSSR count). The molecule has 0 aliphatic rings. The molecular weight excluding hydrogens is 302 g/mol. The molecule has 2 N–H and O–H groups in total. The summed E-state index contributed by atoms with van der Waals surface area (Å²) in [6.45, 7) is 5.58. The van der Waals surface area contributed by atoms with E-state index in [0.29, 0.717) is 5.92 Å². The number of aliphatic hydroxyl groups is 1. The second kappa shape index (κ2) is 7.37. The second-order valence-electron chi connectivity index (χ2n) is 4.56. The van der Waals surface area contributed by atoms with Crippen LogP contribution < -0.4 is 5.32 Å². The molecule has 1 aromatic carbocycles. The van der Waals surface area contributed by atoms with Crippen LogP contribution in [0, 0.1) is 5.92 Å². The Morgan fingerprint density at radius 2 is 2.12 bits per heavy atom. The molecule has 2 unspecified atom stereocenters. The Morgan fingerprint density at radius 3 is 2.76 bits per heavy atom. The fourth-order valence-electron chi connectivity index (χ4n) is 1.80. The molecule has 4 heteroatoms. The van der Waals surface area contributed by atoms with Crippen LogP contribution in [0.5, 0.6) is 0 Å². The van der Waals surface area contributed by atoms with Crippen molar-refractivity contribution in [1.29, 1.82) is 0 Å². The molecule has 1 aromatic rings. The molecule has 96 valence electrons. The highest BCUT2D eigenvalue weighted by Gasteiger charge is 2.06. The lowest BCUT2D eigenvalue weighted by Crippen LogP contribution is -2.23. The number of hydrogen-bond acceptors (Lipinski definition) is 2. The number of nitrogens with one attached hydrogen (secondary N) is 1. The predicted molar refractivity (Wildman–Crippen MR) is 76.3 cm³/mol. The summed E-state index contributed by atoms with van der Waals surface area (Å²) < 4.78 is 1.04. The quantitative estimate of drug-likeness (QED) is 0.839. The van der Waals surface area contributed by atoms with Gasteiger partial charge < -0.3 is 10.4 Å². The summed E-state index contributed by atoms with van der Waals surface area (Å²) in [5.74, 6) is 0.459. The van der Waals surface area contributed by atoms with Crippen LogP contribution in [0.4, 0.5) is 0 Å². The van der Waals surface area contributed by atoms with Crippen molar-refractivity contribution in [3.8, 4) is 0 Å². The van der Waals surface area contributed by atoms with E-state index in [2.05, 4.69) is 28.2 Å². The molecular formula is C13H19BrClNO. The number of hydrogen-bond donors (Lipinski definition) is 2.